The van der Waals surface area contributed by atoms with Crippen LogP contribution in [0.3, 0.4) is 0 Å². The molecule has 3 aromatic heterocycles. The van der Waals surface area contributed by atoms with Crippen LogP contribution in [0.15, 0.2) is 95.2 Å². The molecule has 1 N–H and O–H groups in total. The van der Waals surface area contributed by atoms with Crippen molar-refractivity contribution in [3.05, 3.63) is 117 Å². The summed E-state index contributed by atoms with van der Waals surface area (Å²) in [5, 5.41) is 22.4. The zero-order valence-corrected chi connectivity index (χ0v) is 25.1. The molecule has 0 saturated carbocycles. The molecule has 4 nitrogen and oxygen atoms in total. The highest BCUT2D eigenvalue weighted by molar-refractivity contribution is 7.14. The van der Waals surface area contributed by atoms with E-state index in [1.807, 2.05) is 24.3 Å². The molecule has 0 aliphatic rings. The molecule has 0 spiro atoms. The summed E-state index contributed by atoms with van der Waals surface area (Å²) in [7, 11) is 0. The Morgan fingerprint density at radius 1 is 0.881 bits per heavy atom. The fraction of sp³-hybridized carbons (Fsp3) is 0.167. The van der Waals surface area contributed by atoms with Crippen molar-refractivity contribution < 1.29 is 9.90 Å². The molecule has 3 heterocycles. The van der Waals surface area contributed by atoms with E-state index < -0.39 is 5.97 Å². The highest BCUT2D eigenvalue weighted by atomic mass is 32.1. The highest BCUT2D eigenvalue weighted by Gasteiger charge is 2.19. The van der Waals surface area contributed by atoms with Gasteiger partial charge in [-0.05, 0) is 76.7 Å². The normalized spacial score (nSPS) is 11.7. The molecule has 0 atom stereocenters. The smallest absolute Gasteiger partial charge is 0.346 e. The van der Waals surface area contributed by atoms with Gasteiger partial charge >= 0.3 is 5.97 Å². The lowest BCUT2D eigenvalue weighted by molar-refractivity contribution is -0.132. The molecule has 0 radical (unpaired) electrons. The Kier molecular flexibility index (Phi) is 9.66. The van der Waals surface area contributed by atoms with Crippen LogP contribution in [-0.2, 0) is 11.2 Å². The predicted molar refractivity (Wildman–Crippen MR) is 177 cm³/mol. The van der Waals surface area contributed by atoms with Crippen LogP contribution in [0.5, 0.6) is 0 Å². The number of nitrogens with zero attached hydrogens (tertiary/aromatic N) is 2. The molecule has 2 aromatic carbocycles. The largest absolute Gasteiger partial charge is 0.477 e. The van der Waals surface area contributed by atoms with Crippen molar-refractivity contribution in [2.75, 3.05) is 0 Å². The number of thiophene rings is 2. The van der Waals surface area contributed by atoms with E-state index in [4.69, 9.17) is 10.4 Å². The van der Waals surface area contributed by atoms with Crippen LogP contribution in [0.4, 0.5) is 0 Å². The van der Waals surface area contributed by atoms with E-state index >= 15 is 0 Å². The molecule has 0 unspecified atom stereocenters. The van der Waals surface area contributed by atoms with Crippen LogP contribution in [0.25, 0.3) is 45.1 Å². The summed E-state index contributed by atoms with van der Waals surface area (Å²) in [6.07, 6.45) is 11.8. The molecule has 210 valence electrons. The lowest BCUT2D eigenvalue weighted by atomic mass is 10.1. The first-order valence-corrected chi connectivity index (χ1v) is 15.9. The van der Waals surface area contributed by atoms with Gasteiger partial charge in [0.25, 0.3) is 0 Å². The van der Waals surface area contributed by atoms with Crippen LogP contribution >= 0.6 is 22.7 Å². The predicted octanol–water partition coefficient (Wildman–Crippen LogP) is 10.2. The van der Waals surface area contributed by atoms with Gasteiger partial charge in [0.15, 0.2) is 0 Å². The number of carbonyl (C=O) groups is 1. The van der Waals surface area contributed by atoms with Gasteiger partial charge in [-0.2, -0.15) is 5.26 Å². The molecule has 0 bridgehead atoms. The lowest BCUT2D eigenvalue weighted by Crippen LogP contribution is -1.99. The number of rotatable bonds is 12. The van der Waals surface area contributed by atoms with E-state index in [1.165, 1.54) is 47.1 Å². The highest BCUT2D eigenvalue weighted by Crippen LogP contribution is 2.40. The Bertz CT molecular complexity index is 1720. The van der Waals surface area contributed by atoms with Crippen molar-refractivity contribution in [1.29, 1.82) is 5.26 Å². The van der Waals surface area contributed by atoms with E-state index in [2.05, 4.69) is 89.0 Å². The van der Waals surface area contributed by atoms with Gasteiger partial charge < -0.3 is 9.67 Å². The summed E-state index contributed by atoms with van der Waals surface area (Å²) < 4.78 is 2.38. The Morgan fingerprint density at radius 2 is 1.57 bits per heavy atom. The topological polar surface area (TPSA) is 66.0 Å². The molecule has 5 rings (SSSR count). The van der Waals surface area contributed by atoms with Gasteiger partial charge in [0.1, 0.15) is 11.6 Å². The molecular formula is C36H32N2O2S2. The minimum absolute atomic E-state index is 0.286. The molecule has 5 aromatic rings. The Labute approximate surface area is 255 Å². The Hall–Kier alpha value is -4.44. The first kappa shape index (κ1) is 29.1. The number of carboxylic acid groups (broad SMARTS) is 1. The average molecular weight is 589 g/mol. The third-order valence-electron chi connectivity index (χ3n) is 7.13. The molecule has 0 aliphatic carbocycles. The Balaban J connectivity index is 1.53. The maximum Gasteiger partial charge on any atom is 0.346 e. The first-order valence-electron chi connectivity index (χ1n) is 14.1. The van der Waals surface area contributed by atoms with E-state index in [1.54, 1.807) is 28.7 Å². The average Bonchev–Trinajstić information content (AvgIpc) is 3.79. The van der Waals surface area contributed by atoms with Crippen LogP contribution in [-0.4, -0.2) is 15.6 Å². The van der Waals surface area contributed by atoms with Crippen molar-refractivity contribution >= 4 is 46.9 Å². The lowest BCUT2D eigenvalue weighted by Gasteiger charge is -2.14. The summed E-state index contributed by atoms with van der Waals surface area (Å²) >= 11 is 3.47. The fourth-order valence-electron chi connectivity index (χ4n) is 4.96. The zero-order chi connectivity index (χ0) is 29.3. The van der Waals surface area contributed by atoms with E-state index in [9.17, 15) is 4.79 Å². The molecule has 0 amide bonds. The van der Waals surface area contributed by atoms with Crippen molar-refractivity contribution in [2.24, 2.45) is 0 Å². The maximum atomic E-state index is 11.2. The summed E-state index contributed by atoms with van der Waals surface area (Å²) in [5.41, 5.74) is 7.31. The van der Waals surface area contributed by atoms with Crippen LogP contribution < -0.4 is 0 Å². The number of nitriles is 1. The van der Waals surface area contributed by atoms with Crippen molar-refractivity contribution in [1.82, 2.24) is 4.57 Å². The number of aromatic nitrogens is 1. The van der Waals surface area contributed by atoms with Crippen LogP contribution in [0.2, 0.25) is 0 Å². The van der Waals surface area contributed by atoms with E-state index in [0.29, 0.717) is 5.56 Å². The third-order valence-corrected chi connectivity index (χ3v) is 8.89. The quantitative estimate of drug-likeness (QED) is 0.0896. The summed E-state index contributed by atoms with van der Waals surface area (Å²) in [6, 6.07) is 29.1. The van der Waals surface area contributed by atoms with Crippen LogP contribution in [0.1, 0.15) is 54.9 Å². The number of benzene rings is 2. The zero-order valence-electron chi connectivity index (χ0n) is 23.5. The molecular weight excluding hydrogens is 557 g/mol. The third kappa shape index (κ3) is 6.88. The molecule has 0 saturated heterocycles. The van der Waals surface area contributed by atoms with Crippen LogP contribution in [0, 0.1) is 11.3 Å². The van der Waals surface area contributed by atoms with Gasteiger partial charge in [-0.25, -0.2) is 4.79 Å². The molecule has 0 fully saturated rings. The summed E-state index contributed by atoms with van der Waals surface area (Å²) in [4.78, 5) is 13.6. The summed E-state index contributed by atoms with van der Waals surface area (Å²) in [6.45, 7) is 2.25. The standard InChI is InChI=1S/C36H32N2O2S2/c1-2-3-4-5-8-26-16-19-31(20-17-26)38-32(33-9-6-21-41-33)24-29(35(38)34-10-7-22-42-34)18-15-27-11-13-28(14-12-27)23-30(25-37)36(39)40/h6-7,9-24H,2-5,8H2,1H3,(H,39,40)/b18-15+,30-23-. The van der Waals surface area contributed by atoms with Gasteiger partial charge in [-0.1, -0.05) is 86.9 Å². The Morgan fingerprint density at radius 3 is 2.19 bits per heavy atom. The van der Waals surface area contributed by atoms with E-state index in [-0.39, 0.29) is 5.57 Å². The fourth-order valence-corrected chi connectivity index (χ4v) is 6.48. The minimum atomic E-state index is -1.23. The van der Waals surface area contributed by atoms with Gasteiger partial charge in [-0.15, -0.1) is 22.7 Å². The van der Waals surface area contributed by atoms with Gasteiger partial charge in [0.05, 0.1) is 21.1 Å². The first-order chi connectivity index (χ1) is 20.6. The molecule has 6 heteroatoms. The second-order valence-corrected chi connectivity index (χ2v) is 12.0. The molecule has 0 aliphatic heterocycles. The van der Waals surface area contributed by atoms with Gasteiger partial charge in [0, 0.05) is 11.3 Å². The molecule has 42 heavy (non-hydrogen) atoms. The number of hydrogen-bond acceptors (Lipinski definition) is 4. The van der Waals surface area contributed by atoms with Crippen molar-refractivity contribution in [3.63, 3.8) is 0 Å². The maximum absolute atomic E-state index is 11.2. The monoisotopic (exact) mass is 588 g/mol. The number of hydrogen-bond donors (Lipinski definition) is 1. The minimum Gasteiger partial charge on any atom is -0.477 e. The SMILES string of the molecule is CCCCCCc1ccc(-n2c(-c3cccs3)cc(/C=C/c3ccc(/C=C(/C#N)C(=O)O)cc3)c2-c2cccs2)cc1. The number of unbranched alkanes of at least 4 members (excludes halogenated alkanes) is 3. The van der Waals surface area contributed by atoms with Gasteiger partial charge in [-0.3, -0.25) is 0 Å². The number of carboxylic acids is 1. The number of aryl methyl sites for hydroxylation is 1. The second kappa shape index (κ2) is 14.0. The van der Waals surface area contributed by atoms with Crippen molar-refractivity contribution in [2.45, 2.75) is 39.0 Å². The van der Waals surface area contributed by atoms with Crippen molar-refractivity contribution in [3.8, 4) is 32.9 Å². The number of aliphatic carboxylic acids is 1. The second-order valence-electron chi connectivity index (χ2n) is 10.1. The summed E-state index contributed by atoms with van der Waals surface area (Å²) in [5.74, 6) is -1.23. The van der Waals surface area contributed by atoms with E-state index in [0.717, 1.165) is 34.6 Å². The van der Waals surface area contributed by atoms with Gasteiger partial charge in [0.2, 0.25) is 0 Å².